The van der Waals surface area contributed by atoms with E-state index in [1.165, 1.54) is 0 Å². The quantitative estimate of drug-likeness (QED) is 0.794. The van der Waals surface area contributed by atoms with Gasteiger partial charge in [0, 0.05) is 12.6 Å². The van der Waals surface area contributed by atoms with Crippen molar-refractivity contribution in [3.05, 3.63) is 35.4 Å². The molecule has 17 heavy (non-hydrogen) atoms. The Labute approximate surface area is 99.0 Å². The maximum Gasteiger partial charge on any atom is 0.393 e. The first-order valence-electron chi connectivity index (χ1n) is 5.83. The minimum absolute atomic E-state index is 0.0299. The number of piperidine rings is 1. The predicted octanol–water partition coefficient (Wildman–Crippen LogP) is 3.60. The van der Waals surface area contributed by atoms with E-state index in [2.05, 4.69) is 5.32 Å². The van der Waals surface area contributed by atoms with E-state index >= 15 is 0 Å². The Bertz CT molecular complexity index is 378. The summed E-state index contributed by atoms with van der Waals surface area (Å²) in [5, 5.41) is 3.00. The van der Waals surface area contributed by atoms with Crippen molar-refractivity contribution in [3.8, 4) is 0 Å². The summed E-state index contributed by atoms with van der Waals surface area (Å²) >= 11 is 0. The molecule has 1 heterocycles. The Hall–Kier alpha value is -1.03. The van der Waals surface area contributed by atoms with Crippen LogP contribution in [0.15, 0.2) is 24.3 Å². The molecule has 1 N–H and O–H groups in total. The largest absolute Gasteiger partial charge is 0.393 e. The number of hydrogen-bond donors (Lipinski definition) is 1. The molecule has 0 spiro atoms. The van der Waals surface area contributed by atoms with Crippen LogP contribution in [0.4, 0.5) is 13.2 Å². The zero-order valence-electron chi connectivity index (χ0n) is 9.72. The second kappa shape index (κ2) is 4.69. The molecule has 2 atom stereocenters. The fourth-order valence-corrected chi connectivity index (χ4v) is 2.31. The number of alkyl halides is 3. The molecule has 2 rings (SSSR count). The molecule has 1 aromatic carbocycles. The fourth-order valence-electron chi connectivity index (χ4n) is 2.31. The second-order valence-electron chi connectivity index (χ2n) is 4.69. The first-order valence-corrected chi connectivity index (χ1v) is 5.83. The maximum atomic E-state index is 12.5. The van der Waals surface area contributed by atoms with Gasteiger partial charge in [0.15, 0.2) is 0 Å². The van der Waals surface area contributed by atoms with Gasteiger partial charge in [-0.2, -0.15) is 13.2 Å². The Morgan fingerprint density at radius 2 is 2.00 bits per heavy atom. The Morgan fingerprint density at radius 1 is 1.24 bits per heavy atom. The number of benzene rings is 1. The van der Waals surface area contributed by atoms with Gasteiger partial charge >= 0.3 is 6.18 Å². The molecule has 0 radical (unpaired) electrons. The van der Waals surface area contributed by atoms with Crippen LogP contribution in [0.25, 0.3) is 0 Å². The molecule has 1 aliphatic heterocycles. The van der Waals surface area contributed by atoms with Gasteiger partial charge in [-0.15, -0.1) is 0 Å². The summed E-state index contributed by atoms with van der Waals surface area (Å²) in [4.78, 5) is 0. The summed E-state index contributed by atoms with van der Waals surface area (Å²) in [5.41, 5.74) is 2.23. The van der Waals surface area contributed by atoms with Gasteiger partial charge in [0.2, 0.25) is 0 Å². The summed E-state index contributed by atoms with van der Waals surface area (Å²) in [6, 6.07) is 8.01. The zero-order chi connectivity index (χ0) is 12.5. The van der Waals surface area contributed by atoms with E-state index in [0.29, 0.717) is 6.42 Å². The summed E-state index contributed by atoms with van der Waals surface area (Å²) in [7, 11) is 0. The van der Waals surface area contributed by atoms with Crippen molar-refractivity contribution >= 4 is 0 Å². The van der Waals surface area contributed by atoms with Gasteiger partial charge < -0.3 is 5.32 Å². The summed E-state index contributed by atoms with van der Waals surface area (Å²) in [5.74, 6) is -1.19. The normalized spacial score (nSPS) is 25.9. The molecule has 0 aromatic heterocycles. The molecule has 94 valence electrons. The first kappa shape index (κ1) is 12.4. The lowest BCUT2D eigenvalue weighted by Gasteiger charge is -2.31. The first-order chi connectivity index (χ1) is 7.97. The van der Waals surface area contributed by atoms with Crippen molar-refractivity contribution in [2.45, 2.75) is 32.0 Å². The standard InChI is InChI=1S/C13H16F3N/c1-9-3-2-4-10(7-9)12-6-5-11(8-17-12)13(14,15)16/h2-4,7,11-12,17H,5-6,8H2,1H3. The van der Waals surface area contributed by atoms with E-state index in [1.54, 1.807) is 0 Å². The number of halogens is 3. The highest BCUT2D eigenvalue weighted by Crippen LogP contribution is 2.35. The molecule has 0 bridgehead atoms. The molecule has 1 fully saturated rings. The molecule has 1 saturated heterocycles. The van der Waals surface area contributed by atoms with Gasteiger partial charge in [0.1, 0.15) is 0 Å². The van der Waals surface area contributed by atoms with E-state index in [-0.39, 0.29) is 19.0 Å². The van der Waals surface area contributed by atoms with Gasteiger partial charge in [0.25, 0.3) is 0 Å². The van der Waals surface area contributed by atoms with E-state index < -0.39 is 12.1 Å². The molecule has 0 aliphatic carbocycles. The minimum Gasteiger partial charge on any atom is -0.309 e. The third-order valence-corrected chi connectivity index (χ3v) is 3.32. The highest BCUT2D eigenvalue weighted by Gasteiger charge is 2.41. The van der Waals surface area contributed by atoms with Crippen LogP contribution < -0.4 is 5.32 Å². The zero-order valence-corrected chi connectivity index (χ0v) is 9.72. The Morgan fingerprint density at radius 3 is 2.53 bits per heavy atom. The van der Waals surface area contributed by atoms with Crippen molar-refractivity contribution in [2.24, 2.45) is 5.92 Å². The van der Waals surface area contributed by atoms with Gasteiger partial charge in [-0.1, -0.05) is 29.8 Å². The fraction of sp³-hybridized carbons (Fsp3) is 0.538. The molecular weight excluding hydrogens is 227 g/mol. The van der Waals surface area contributed by atoms with E-state index in [4.69, 9.17) is 0 Å². The van der Waals surface area contributed by atoms with Gasteiger partial charge in [-0.05, 0) is 25.3 Å². The lowest BCUT2D eigenvalue weighted by molar-refractivity contribution is -0.179. The van der Waals surface area contributed by atoms with Crippen molar-refractivity contribution in [3.63, 3.8) is 0 Å². The smallest absolute Gasteiger partial charge is 0.309 e. The van der Waals surface area contributed by atoms with Crippen LogP contribution in [-0.2, 0) is 0 Å². The predicted molar refractivity (Wildman–Crippen MR) is 60.7 cm³/mol. The van der Waals surface area contributed by atoms with Crippen molar-refractivity contribution in [1.29, 1.82) is 0 Å². The molecule has 1 nitrogen and oxygen atoms in total. The topological polar surface area (TPSA) is 12.0 Å². The van der Waals surface area contributed by atoms with Crippen LogP contribution in [0, 0.1) is 12.8 Å². The van der Waals surface area contributed by atoms with Crippen LogP contribution in [0.2, 0.25) is 0 Å². The van der Waals surface area contributed by atoms with Crippen LogP contribution in [0.1, 0.15) is 30.0 Å². The number of rotatable bonds is 1. The van der Waals surface area contributed by atoms with E-state index in [9.17, 15) is 13.2 Å². The third kappa shape index (κ3) is 3.00. The highest BCUT2D eigenvalue weighted by atomic mass is 19.4. The lowest BCUT2D eigenvalue weighted by Crippen LogP contribution is -2.40. The van der Waals surface area contributed by atoms with Crippen molar-refractivity contribution < 1.29 is 13.2 Å². The average Bonchev–Trinajstić information content (AvgIpc) is 2.28. The number of aryl methyl sites for hydroxylation is 1. The maximum absolute atomic E-state index is 12.5. The van der Waals surface area contributed by atoms with E-state index in [0.717, 1.165) is 11.1 Å². The molecule has 4 heteroatoms. The summed E-state index contributed by atoms with van der Waals surface area (Å²) in [6.45, 7) is 2.02. The number of hydrogen-bond acceptors (Lipinski definition) is 1. The molecule has 1 aliphatic rings. The minimum atomic E-state index is -4.06. The molecule has 0 amide bonds. The van der Waals surface area contributed by atoms with Crippen LogP contribution in [0.3, 0.4) is 0 Å². The van der Waals surface area contributed by atoms with E-state index in [1.807, 2.05) is 31.2 Å². The summed E-state index contributed by atoms with van der Waals surface area (Å²) in [6.07, 6.45) is -3.30. The van der Waals surface area contributed by atoms with Crippen molar-refractivity contribution in [2.75, 3.05) is 6.54 Å². The van der Waals surface area contributed by atoms with Gasteiger partial charge in [0.05, 0.1) is 5.92 Å². The molecule has 0 saturated carbocycles. The SMILES string of the molecule is Cc1cccc(C2CCC(C(F)(F)F)CN2)c1. The second-order valence-corrected chi connectivity index (χ2v) is 4.69. The molecule has 1 aromatic rings. The monoisotopic (exact) mass is 243 g/mol. The van der Waals surface area contributed by atoms with Crippen LogP contribution >= 0.6 is 0 Å². The van der Waals surface area contributed by atoms with Gasteiger partial charge in [-0.3, -0.25) is 0 Å². The molecular formula is C13H16F3N. The van der Waals surface area contributed by atoms with Crippen LogP contribution in [0.5, 0.6) is 0 Å². The highest BCUT2D eigenvalue weighted by molar-refractivity contribution is 5.25. The third-order valence-electron chi connectivity index (χ3n) is 3.32. The average molecular weight is 243 g/mol. The Balaban J connectivity index is 2.00. The Kier molecular flexibility index (Phi) is 3.43. The lowest BCUT2D eigenvalue weighted by atomic mass is 9.90. The molecule has 2 unspecified atom stereocenters. The van der Waals surface area contributed by atoms with Gasteiger partial charge in [-0.25, -0.2) is 0 Å². The van der Waals surface area contributed by atoms with Crippen molar-refractivity contribution in [1.82, 2.24) is 5.32 Å². The van der Waals surface area contributed by atoms with Crippen LogP contribution in [-0.4, -0.2) is 12.7 Å². The summed E-state index contributed by atoms with van der Waals surface area (Å²) < 4.78 is 37.5. The number of nitrogens with one attached hydrogen (secondary N) is 1.